The molecule has 0 unspecified atom stereocenters. The lowest BCUT2D eigenvalue weighted by Gasteiger charge is -2.13. The van der Waals surface area contributed by atoms with E-state index in [1.54, 1.807) is 0 Å². The molecule has 5 nitrogen and oxygen atoms in total. The van der Waals surface area contributed by atoms with Crippen LogP contribution in [0, 0.1) is 0 Å². The van der Waals surface area contributed by atoms with Crippen molar-refractivity contribution in [3.8, 4) is 5.88 Å². The van der Waals surface area contributed by atoms with Gasteiger partial charge in [0.25, 0.3) is 0 Å². The zero-order valence-electron chi connectivity index (χ0n) is 12.6. The highest BCUT2D eigenvalue weighted by atomic mass is 19.4. The van der Waals surface area contributed by atoms with E-state index in [0.29, 0.717) is 6.20 Å². The molecule has 0 aliphatic rings. The Labute approximate surface area is 134 Å². The largest absolute Gasteiger partial charge is 0.476 e. The average molecular weight is 358 g/mol. The van der Waals surface area contributed by atoms with E-state index in [2.05, 4.69) is 20.6 Å². The van der Waals surface area contributed by atoms with Gasteiger partial charge >= 0.3 is 12.4 Å². The van der Waals surface area contributed by atoms with Crippen LogP contribution in [-0.4, -0.2) is 43.9 Å². The molecule has 0 saturated carbocycles. The minimum atomic E-state index is -4.47. The highest BCUT2D eigenvalue weighted by Gasteiger charge is 2.30. The smallest absolute Gasteiger partial charge is 0.417 e. The lowest BCUT2D eigenvalue weighted by molar-refractivity contribution is -0.138. The Hall–Kier alpha value is -2.20. The molecule has 1 aromatic heterocycles. The summed E-state index contributed by atoms with van der Waals surface area (Å²) < 4.78 is 78.2. The number of aromatic nitrogens is 1. The summed E-state index contributed by atoms with van der Waals surface area (Å²) in [5.41, 5.74) is -0.887. The summed E-state index contributed by atoms with van der Waals surface area (Å²) in [5.74, 6) is 0.160. The molecule has 0 fully saturated rings. The first-order chi connectivity index (χ1) is 11.1. The lowest BCUT2D eigenvalue weighted by Crippen LogP contribution is -2.40. The van der Waals surface area contributed by atoms with Crippen molar-refractivity contribution in [2.45, 2.75) is 18.8 Å². The minimum Gasteiger partial charge on any atom is -0.476 e. The fourth-order valence-corrected chi connectivity index (χ4v) is 1.50. The molecule has 1 heterocycles. The van der Waals surface area contributed by atoms with Crippen molar-refractivity contribution in [2.24, 2.45) is 4.99 Å². The number of nitrogens with zero attached hydrogens (tertiary/aromatic N) is 2. The first-order valence-corrected chi connectivity index (χ1v) is 6.79. The SMILES string of the molecule is CN=C(NCCOc1ccc(C(F)(F)F)cn1)NCCC(F)(F)F. The Kier molecular flexibility index (Phi) is 7.11. The van der Waals surface area contributed by atoms with Crippen molar-refractivity contribution in [2.75, 3.05) is 26.7 Å². The molecule has 0 aromatic carbocycles. The second-order valence-electron chi connectivity index (χ2n) is 4.52. The number of ether oxygens (including phenoxy) is 1. The number of hydrogen-bond donors (Lipinski definition) is 2. The van der Waals surface area contributed by atoms with Crippen LogP contribution in [0.15, 0.2) is 23.3 Å². The molecular weight excluding hydrogens is 342 g/mol. The molecule has 11 heteroatoms. The van der Waals surface area contributed by atoms with E-state index in [9.17, 15) is 26.3 Å². The molecule has 0 aliphatic heterocycles. The summed E-state index contributed by atoms with van der Waals surface area (Å²) in [4.78, 5) is 7.24. The van der Waals surface area contributed by atoms with Gasteiger partial charge in [-0.3, -0.25) is 4.99 Å². The predicted octanol–water partition coefficient (Wildman–Crippen LogP) is 2.60. The van der Waals surface area contributed by atoms with Crippen molar-refractivity contribution >= 4 is 5.96 Å². The third-order valence-corrected chi connectivity index (χ3v) is 2.63. The van der Waals surface area contributed by atoms with Crippen molar-refractivity contribution in [3.63, 3.8) is 0 Å². The van der Waals surface area contributed by atoms with E-state index in [1.165, 1.54) is 7.05 Å². The quantitative estimate of drug-likeness (QED) is 0.355. The van der Waals surface area contributed by atoms with Crippen LogP contribution >= 0.6 is 0 Å². The highest BCUT2D eigenvalue weighted by Crippen LogP contribution is 2.29. The van der Waals surface area contributed by atoms with E-state index < -0.39 is 24.3 Å². The molecule has 1 rings (SSSR count). The Morgan fingerprint density at radius 1 is 1.12 bits per heavy atom. The van der Waals surface area contributed by atoms with Crippen LogP contribution in [0.5, 0.6) is 5.88 Å². The number of pyridine rings is 1. The number of nitrogens with one attached hydrogen (secondary N) is 2. The molecule has 2 N–H and O–H groups in total. The van der Waals surface area contributed by atoms with Gasteiger partial charge in [0.15, 0.2) is 5.96 Å². The molecular formula is C13H16F6N4O. The van der Waals surface area contributed by atoms with Gasteiger partial charge in [-0.15, -0.1) is 0 Å². The summed E-state index contributed by atoms with van der Waals surface area (Å²) in [5, 5.41) is 5.17. The third-order valence-electron chi connectivity index (χ3n) is 2.63. The zero-order chi connectivity index (χ0) is 18.2. The maximum absolute atomic E-state index is 12.3. The van der Waals surface area contributed by atoms with Crippen LogP contribution in [-0.2, 0) is 6.18 Å². The second-order valence-corrected chi connectivity index (χ2v) is 4.52. The molecule has 0 spiro atoms. The molecule has 0 bridgehead atoms. The molecule has 136 valence electrons. The van der Waals surface area contributed by atoms with Gasteiger partial charge < -0.3 is 15.4 Å². The fourth-order valence-electron chi connectivity index (χ4n) is 1.50. The Morgan fingerprint density at radius 3 is 2.29 bits per heavy atom. The van der Waals surface area contributed by atoms with Crippen LogP contribution in [0.3, 0.4) is 0 Å². The van der Waals surface area contributed by atoms with E-state index in [-0.39, 0.29) is 31.5 Å². The van der Waals surface area contributed by atoms with E-state index in [0.717, 1.165) is 12.1 Å². The van der Waals surface area contributed by atoms with Crippen molar-refractivity contribution in [1.29, 1.82) is 0 Å². The first-order valence-electron chi connectivity index (χ1n) is 6.79. The van der Waals surface area contributed by atoms with Gasteiger partial charge in [-0.25, -0.2) is 4.98 Å². The maximum Gasteiger partial charge on any atom is 0.417 e. The molecule has 24 heavy (non-hydrogen) atoms. The van der Waals surface area contributed by atoms with E-state index >= 15 is 0 Å². The molecule has 0 atom stereocenters. The van der Waals surface area contributed by atoms with Gasteiger partial charge in [0.2, 0.25) is 5.88 Å². The number of rotatable bonds is 6. The van der Waals surface area contributed by atoms with Crippen LogP contribution in [0.25, 0.3) is 0 Å². The van der Waals surface area contributed by atoms with E-state index in [4.69, 9.17) is 4.74 Å². The predicted molar refractivity (Wildman–Crippen MR) is 74.8 cm³/mol. The zero-order valence-corrected chi connectivity index (χ0v) is 12.6. The van der Waals surface area contributed by atoms with Gasteiger partial charge in [0.1, 0.15) is 6.61 Å². The Morgan fingerprint density at radius 2 is 1.79 bits per heavy atom. The Balaban J connectivity index is 2.29. The summed E-state index contributed by atoms with van der Waals surface area (Å²) in [7, 11) is 1.39. The lowest BCUT2D eigenvalue weighted by atomic mass is 10.3. The third kappa shape index (κ3) is 7.88. The van der Waals surface area contributed by atoms with Crippen LogP contribution in [0.2, 0.25) is 0 Å². The monoisotopic (exact) mass is 358 g/mol. The Bertz CT molecular complexity index is 527. The fraction of sp³-hybridized carbons (Fsp3) is 0.538. The first kappa shape index (κ1) is 19.8. The maximum atomic E-state index is 12.3. The number of alkyl halides is 6. The number of guanidine groups is 1. The molecule has 0 amide bonds. The normalized spacial score (nSPS) is 12.9. The van der Waals surface area contributed by atoms with Crippen molar-refractivity contribution in [1.82, 2.24) is 15.6 Å². The minimum absolute atomic E-state index is 0.00446. The standard InChI is InChI=1S/C13H16F6N4O/c1-20-11(21-5-4-12(14,15)16)22-6-7-24-10-3-2-9(8-23-10)13(17,18)19/h2-3,8H,4-7H2,1H3,(H2,20,21,22). The van der Waals surface area contributed by atoms with Crippen molar-refractivity contribution < 1.29 is 31.1 Å². The van der Waals surface area contributed by atoms with Gasteiger partial charge in [-0.05, 0) is 6.07 Å². The number of halogens is 6. The topological polar surface area (TPSA) is 58.5 Å². The number of aliphatic imine (C=N–C) groups is 1. The van der Waals surface area contributed by atoms with Gasteiger partial charge in [-0.1, -0.05) is 0 Å². The van der Waals surface area contributed by atoms with Gasteiger partial charge in [0, 0.05) is 25.9 Å². The summed E-state index contributed by atoms with van der Waals surface area (Å²) in [6, 6.07) is 1.92. The summed E-state index contributed by atoms with van der Waals surface area (Å²) >= 11 is 0. The van der Waals surface area contributed by atoms with Gasteiger partial charge in [0.05, 0.1) is 18.5 Å². The molecule has 1 aromatic rings. The van der Waals surface area contributed by atoms with Crippen LogP contribution in [0.1, 0.15) is 12.0 Å². The van der Waals surface area contributed by atoms with Crippen LogP contribution < -0.4 is 15.4 Å². The molecule has 0 saturated heterocycles. The summed E-state index contributed by atoms with van der Waals surface area (Å²) in [6.45, 7) is -0.114. The van der Waals surface area contributed by atoms with Crippen molar-refractivity contribution in [3.05, 3.63) is 23.9 Å². The van der Waals surface area contributed by atoms with Gasteiger partial charge in [-0.2, -0.15) is 26.3 Å². The van der Waals surface area contributed by atoms with E-state index in [1.807, 2.05) is 0 Å². The average Bonchev–Trinajstić information content (AvgIpc) is 2.48. The highest BCUT2D eigenvalue weighted by molar-refractivity contribution is 5.79. The number of hydrogen-bond acceptors (Lipinski definition) is 3. The summed E-state index contributed by atoms with van der Waals surface area (Å²) in [6.07, 6.45) is -9.08. The van der Waals surface area contributed by atoms with Crippen LogP contribution in [0.4, 0.5) is 26.3 Å². The molecule has 0 radical (unpaired) electrons. The molecule has 0 aliphatic carbocycles. The second kappa shape index (κ2) is 8.60.